The minimum Gasteiger partial charge on any atom is -0.465 e. The summed E-state index contributed by atoms with van der Waals surface area (Å²) in [6.07, 6.45) is 11.0. The summed E-state index contributed by atoms with van der Waals surface area (Å²) < 4.78 is 5.48. The molecule has 21 heavy (non-hydrogen) atoms. The highest BCUT2D eigenvalue weighted by Gasteiger charge is 2.55. The summed E-state index contributed by atoms with van der Waals surface area (Å²) in [5.41, 5.74) is -0.429. The summed E-state index contributed by atoms with van der Waals surface area (Å²) in [5.74, 6) is 0.00338. The molecule has 2 aliphatic heterocycles. The lowest BCUT2D eigenvalue weighted by molar-refractivity contribution is -0.152. The molecule has 3 fully saturated rings. The van der Waals surface area contributed by atoms with E-state index in [9.17, 15) is 4.79 Å². The van der Waals surface area contributed by atoms with Crippen molar-refractivity contribution in [1.82, 2.24) is 10.2 Å². The van der Waals surface area contributed by atoms with Crippen molar-refractivity contribution in [2.75, 3.05) is 19.7 Å². The third kappa shape index (κ3) is 2.98. The van der Waals surface area contributed by atoms with Gasteiger partial charge in [0.25, 0.3) is 0 Å². The highest BCUT2D eigenvalue weighted by Crippen LogP contribution is 2.38. The molecular weight excluding hydrogens is 264 g/mol. The lowest BCUT2D eigenvalue weighted by Gasteiger charge is -2.37. The van der Waals surface area contributed by atoms with Crippen LogP contribution in [0.5, 0.6) is 0 Å². The average Bonchev–Trinajstić information content (AvgIpc) is 2.97. The molecule has 1 saturated carbocycles. The second-order valence-corrected chi connectivity index (χ2v) is 6.97. The van der Waals surface area contributed by atoms with Gasteiger partial charge in [-0.1, -0.05) is 25.7 Å². The number of nitrogens with one attached hydrogen (secondary N) is 1. The lowest BCUT2D eigenvalue weighted by atomic mass is 9.86. The molecule has 1 aliphatic carbocycles. The van der Waals surface area contributed by atoms with Crippen molar-refractivity contribution in [2.24, 2.45) is 0 Å². The first-order valence-electron chi connectivity index (χ1n) is 8.95. The first-order valence-corrected chi connectivity index (χ1v) is 8.95. The van der Waals surface area contributed by atoms with Gasteiger partial charge in [-0.25, -0.2) is 4.79 Å². The molecule has 0 aromatic heterocycles. The monoisotopic (exact) mass is 294 g/mol. The van der Waals surface area contributed by atoms with Crippen molar-refractivity contribution in [3.8, 4) is 0 Å². The van der Waals surface area contributed by atoms with Crippen LogP contribution in [0, 0.1) is 0 Å². The van der Waals surface area contributed by atoms with E-state index in [0.29, 0.717) is 18.7 Å². The van der Waals surface area contributed by atoms with Gasteiger partial charge in [-0.3, -0.25) is 10.2 Å². The van der Waals surface area contributed by atoms with Crippen molar-refractivity contribution in [2.45, 2.75) is 82.3 Å². The van der Waals surface area contributed by atoms with Crippen LogP contribution in [0.1, 0.15) is 64.7 Å². The van der Waals surface area contributed by atoms with Crippen LogP contribution in [-0.4, -0.2) is 48.2 Å². The lowest BCUT2D eigenvalue weighted by Crippen LogP contribution is -2.62. The summed E-state index contributed by atoms with van der Waals surface area (Å²) in [7, 11) is 0. The van der Waals surface area contributed by atoms with E-state index in [0.717, 1.165) is 25.9 Å². The van der Waals surface area contributed by atoms with Crippen LogP contribution in [-0.2, 0) is 9.53 Å². The van der Waals surface area contributed by atoms with Crippen molar-refractivity contribution in [3.63, 3.8) is 0 Å². The molecule has 2 atom stereocenters. The van der Waals surface area contributed by atoms with Gasteiger partial charge in [0.15, 0.2) is 0 Å². The Balaban J connectivity index is 1.77. The van der Waals surface area contributed by atoms with Crippen molar-refractivity contribution < 1.29 is 9.53 Å². The summed E-state index contributed by atoms with van der Waals surface area (Å²) in [4.78, 5) is 15.3. The Morgan fingerprint density at radius 3 is 2.62 bits per heavy atom. The third-order valence-corrected chi connectivity index (χ3v) is 5.68. The molecule has 3 rings (SSSR count). The van der Waals surface area contributed by atoms with Gasteiger partial charge in [-0.05, 0) is 45.6 Å². The van der Waals surface area contributed by atoms with E-state index < -0.39 is 5.54 Å². The summed E-state index contributed by atoms with van der Waals surface area (Å²) >= 11 is 0. The molecule has 2 saturated heterocycles. The van der Waals surface area contributed by atoms with Crippen LogP contribution in [0.15, 0.2) is 0 Å². The molecule has 4 heteroatoms. The quantitative estimate of drug-likeness (QED) is 0.639. The standard InChI is InChI=1S/C17H30N2O2/c1-2-21-16(20)17(11-13-19-12-7-10-15(17)19)18-14-8-5-3-4-6-9-14/h14-15,18H,2-13H2,1H3. The number of hydrogen-bond acceptors (Lipinski definition) is 4. The van der Waals surface area contributed by atoms with E-state index in [4.69, 9.17) is 4.74 Å². The van der Waals surface area contributed by atoms with Crippen molar-refractivity contribution in [3.05, 3.63) is 0 Å². The predicted octanol–water partition coefficient (Wildman–Crippen LogP) is 2.47. The minimum absolute atomic E-state index is 0.00338. The molecule has 120 valence electrons. The van der Waals surface area contributed by atoms with Crippen LogP contribution in [0.2, 0.25) is 0 Å². The van der Waals surface area contributed by atoms with Crippen LogP contribution in [0.3, 0.4) is 0 Å². The highest BCUT2D eigenvalue weighted by molar-refractivity contribution is 5.82. The van der Waals surface area contributed by atoms with Gasteiger partial charge in [0.05, 0.1) is 6.61 Å². The summed E-state index contributed by atoms with van der Waals surface area (Å²) in [6.45, 7) is 4.60. The zero-order valence-corrected chi connectivity index (χ0v) is 13.4. The Morgan fingerprint density at radius 1 is 1.14 bits per heavy atom. The molecule has 4 nitrogen and oxygen atoms in total. The number of fused-ring (bicyclic) bond motifs is 1. The Morgan fingerprint density at radius 2 is 1.90 bits per heavy atom. The van der Waals surface area contributed by atoms with E-state index >= 15 is 0 Å². The van der Waals surface area contributed by atoms with Gasteiger partial charge in [0.1, 0.15) is 5.54 Å². The number of carbonyl (C=O) groups is 1. The van der Waals surface area contributed by atoms with E-state index in [-0.39, 0.29) is 5.97 Å². The number of carbonyl (C=O) groups excluding carboxylic acids is 1. The van der Waals surface area contributed by atoms with Gasteiger partial charge >= 0.3 is 5.97 Å². The normalized spacial score (nSPS) is 34.6. The zero-order chi connectivity index (χ0) is 14.7. The van der Waals surface area contributed by atoms with E-state index in [2.05, 4.69) is 10.2 Å². The number of nitrogens with zero attached hydrogens (tertiary/aromatic N) is 1. The number of ether oxygens (including phenoxy) is 1. The molecule has 3 aliphatic rings. The van der Waals surface area contributed by atoms with E-state index in [1.54, 1.807) is 0 Å². The molecule has 0 amide bonds. The maximum absolute atomic E-state index is 12.8. The van der Waals surface area contributed by atoms with E-state index in [1.165, 1.54) is 44.9 Å². The van der Waals surface area contributed by atoms with Crippen LogP contribution >= 0.6 is 0 Å². The fourth-order valence-corrected chi connectivity index (χ4v) is 4.65. The van der Waals surface area contributed by atoms with Gasteiger partial charge in [-0.2, -0.15) is 0 Å². The van der Waals surface area contributed by atoms with Crippen LogP contribution < -0.4 is 5.32 Å². The molecule has 0 aromatic carbocycles. The number of rotatable bonds is 4. The van der Waals surface area contributed by atoms with Crippen molar-refractivity contribution >= 4 is 5.97 Å². The number of esters is 1. The molecule has 0 radical (unpaired) electrons. The predicted molar refractivity (Wildman–Crippen MR) is 83.2 cm³/mol. The molecule has 2 heterocycles. The second-order valence-electron chi connectivity index (χ2n) is 6.97. The second kappa shape index (κ2) is 6.66. The number of hydrogen-bond donors (Lipinski definition) is 1. The molecule has 0 spiro atoms. The fraction of sp³-hybridized carbons (Fsp3) is 0.941. The molecular formula is C17H30N2O2. The topological polar surface area (TPSA) is 41.6 Å². The SMILES string of the molecule is CCOC(=O)C1(NC2CCCCCC2)CCN2CCCC21. The third-order valence-electron chi connectivity index (χ3n) is 5.68. The molecule has 0 aromatic rings. The molecule has 1 N–H and O–H groups in total. The largest absolute Gasteiger partial charge is 0.465 e. The molecule has 0 bridgehead atoms. The van der Waals surface area contributed by atoms with Gasteiger partial charge in [-0.15, -0.1) is 0 Å². The molecule has 2 unspecified atom stereocenters. The Kier molecular flexibility index (Phi) is 4.85. The summed E-state index contributed by atoms with van der Waals surface area (Å²) in [5, 5.41) is 3.81. The van der Waals surface area contributed by atoms with Crippen LogP contribution in [0.25, 0.3) is 0 Å². The van der Waals surface area contributed by atoms with Gasteiger partial charge < -0.3 is 4.74 Å². The Bertz CT molecular complexity index is 366. The average molecular weight is 294 g/mol. The van der Waals surface area contributed by atoms with Gasteiger partial charge in [0.2, 0.25) is 0 Å². The maximum Gasteiger partial charge on any atom is 0.328 e. The smallest absolute Gasteiger partial charge is 0.328 e. The van der Waals surface area contributed by atoms with Gasteiger partial charge in [0, 0.05) is 18.6 Å². The van der Waals surface area contributed by atoms with Crippen molar-refractivity contribution in [1.29, 1.82) is 0 Å². The maximum atomic E-state index is 12.8. The summed E-state index contributed by atoms with van der Waals surface area (Å²) in [6, 6.07) is 0.859. The highest BCUT2D eigenvalue weighted by atomic mass is 16.5. The first-order chi connectivity index (χ1) is 10.3. The zero-order valence-electron chi connectivity index (χ0n) is 13.4. The first kappa shape index (κ1) is 15.3. The fourth-order valence-electron chi connectivity index (χ4n) is 4.65. The Hall–Kier alpha value is -0.610. The minimum atomic E-state index is -0.429. The van der Waals surface area contributed by atoms with Crippen LogP contribution in [0.4, 0.5) is 0 Å². The Labute approximate surface area is 128 Å². The van der Waals surface area contributed by atoms with E-state index in [1.807, 2.05) is 6.92 Å².